The molecule has 1 aromatic rings. The molecule has 2 unspecified atom stereocenters. The van der Waals surface area contributed by atoms with Crippen molar-refractivity contribution in [3.8, 4) is 0 Å². The Bertz CT molecular complexity index is 842. The maximum atomic E-state index is 12.3. The van der Waals surface area contributed by atoms with Crippen LogP contribution in [0, 0.1) is 28.6 Å². The summed E-state index contributed by atoms with van der Waals surface area (Å²) in [5.74, 6) is 1.47. The third kappa shape index (κ3) is 2.42. The predicted octanol–water partition coefficient (Wildman–Crippen LogP) is 4.42. The van der Waals surface area contributed by atoms with Gasteiger partial charge in [-0.05, 0) is 92.6 Å². The highest BCUT2D eigenvalue weighted by Gasteiger charge is 2.70. The summed E-state index contributed by atoms with van der Waals surface area (Å²) in [6.45, 7) is 7.01. The largest absolute Gasteiger partial charge is 0.431 e. The van der Waals surface area contributed by atoms with Crippen molar-refractivity contribution in [2.24, 2.45) is 28.6 Å². The highest BCUT2D eigenvalue weighted by Crippen LogP contribution is 2.72. The lowest BCUT2D eigenvalue weighted by Gasteiger charge is -2.64. The number of aliphatic hydroxyl groups is 2. The van der Waals surface area contributed by atoms with Crippen molar-refractivity contribution in [2.75, 3.05) is 0 Å². The molecule has 0 saturated heterocycles. The molecule has 0 aliphatic heterocycles. The lowest BCUT2D eigenvalue weighted by Crippen LogP contribution is -2.64. The Hall–Kier alpha value is -1.13. The minimum Gasteiger partial charge on any atom is -0.431 e. The molecule has 0 spiro atoms. The van der Waals surface area contributed by atoms with Crippen molar-refractivity contribution in [3.63, 3.8) is 0 Å². The summed E-state index contributed by atoms with van der Waals surface area (Å²) in [4.78, 5) is 11.5. The zero-order valence-electron chi connectivity index (χ0n) is 18.1. The molecule has 4 aliphatic rings. The monoisotopic (exact) mass is 400 g/mol. The first-order chi connectivity index (χ1) is 13.6. The first-order valence-corrected chi connectivity index (χ1v) is 11.6. The van der Waals surface area contributed by atoms with Crippen molar-refractivity contribution >= 4 is 0 Å². The Morgan fingerprint density at radius 2 is 1.76 bits per heavy atom. The van der Waals surface area contributed by atoms with Crippen molar-refractivity contribution in [3.05, 3.63) is 34.4 Å². The Balaban J connectivity index is 1.52. The van der Waals surface area contributed by atoms with Crippen LogP contribution in [0.4, 0.5) is 0 Å². The summed E-state index contributed by atoms with van der Waals surface area (Å²) in [6, 6.07) is 3.43. The van der Waals surface area contributed by atoms with Crippen molar-refractivity contribution in [1.82, 2.24) is 0 Å². The zero-order chi connectivity index (χ0) is 20.7. The van der Waals surface area contributed by atoms with Gasteiger partial charge in [-0.25, -0.2) is 4.79 Å². The first kappa shape index (κ1) is 19.8. The fourth-order valence-electron chi connectivity index (χ4n) is 8.61. The van der Waals surface area contributed by atoms with Gasteiger partial charge in [0.1, 0.15) is 0 Å². The van der Waals surface area contributed by atoms with E-state index in [1.165, 1.54) is 6.07 Å². The van der Waals surface area contributed by atoms with Crippen LogP contribution in [0.1, 0.15) is 84.1 Å². The number of rotatable bonds is 1. The second-order valence-electron chi connectivity index (χ2n) is 11.4. The molecular formula is C25H36O4. The highest BCUT2D eigenvalue weighted by molar-refractivity contribution is 5.32. The van der Waals surface area contributed by atoms with Gasteiger partial charge in [-0.3, -0.25) is 0 Å². The molecule has 1 aromatic heterocycles. The molecule has 0 aromatic carbocycles. The van der Waals surface area contributed by atoms with E-state index >= 15 is 0 Å². The Labute approximate surface area is 173 Å². The highest BCUT2D eigenvalue weighted by atomic mass is 16.4. The van der Waals surface area contributed by atoms with Gasteiger partial charge in [-0.1, -0.05) is 20.8 Å². The van der Waals surface area contributed by atoms with Gasteiger partial charge < -0.3 is 14.6 Å². The fourth-order valence-corrected chi connectivity index (χ4v) is 8.61. The summed E-state index contributed by atoms with van der Waals surface area (Å²) in [7, 11) is 0. The predicted molar refractivity (Wildman–Crippen MR) is 112 cm³/mol. The Morgan fingerprint density at radius 1 is 0.966 bits per heavy atom. The summed E-state index contributed by atoms with van der Waals surface area (Å²) in [5.41, 5.74) is -0.106. The second-order valence-corrected chi connectivity index (χ2v) is 11.4. The molecule has 4 saturated carbocycles. The van der Waals surface area contributed by atoms with E-state index < -0.39 is 5.60 Å². The van der Waals surface area contributed by atoms with Crippen molar-refractivity contribution < 1.29 is 14.6 Å². The van der Waals surface area contributed by atoms with E-state index in [0.717, 1.165) is 63.4 Å². The van der Waals surface area contributed by atoms with Gasteiger partial charge in [0.25, 0.3) is 0 Å². The van der Waals surface area contributed by atoms with Gasteiger partial charge in [0.15, 0.2) is 0 Å². The molecule has 8 atom stereocenters. The Kier molecular flexibility index (Phi) is 4.23. The zero-order valence-corrected chi connectivity index (χ0v) is 18.1. The SMILES string of the molecule is C[C@]12CCC3C(CC[C@@H]4C[C@@H](O)CC[C@]34C)[C@@]1(O)CC[C@]2(C)c1ccc(=O)oc1. The van der Waals surface area contributed by atoms with Crippen LogP contribution >= 0.6 is 0 Å². The summed E-state index contributed by atoms with van der Waals surface area (Å²) in [5, 5.41) is 22.6. The summed E-state index contributed by atoms with van der Waals surface area (Å²) >= 11 is 0. The molecule has 1 heterocycles. The number of hydrogen-bond acceptors (Lipinski definition) is 4. The third-order valence-electron chi connectivity index (χ3n) is 10.8. The number of fused-ring (bicyclic) bond motifs is 5. The van der Waals surface area contributed by atoms with Gasteiger partial charge in [-0.15, -0.1) is 0 Å². The van der Waals surface area contributed by atoms with Crippen LogP contribution in [0.3, 0.4) is 0 Å². The molecule has 4 nitrogen and oxygen atoms in total. The normalized spacial score (nSPS) is 51.8. The molecule has 0 bridgehead atoms. The fraction of sp³-hybridized carbons (Fsp3) is 0.800. The van der Waals surface area contributed by atoms with Crippen LogP contribution in [0.15, 0.2) is 27.6 Å². The lowest BCUT2D eigenvalue weighted by molar-refractivity contribution is -0.212. The van der Waals surface area contributed by atoms with Crippen LogP contribution in [0.2, 0.25) is 0 Å². The molecule has 0 amide bonds. The van der Waals surface area contributed by atoms with E-state index in [0.29, 0.717) is 17.8 Å². The maximum Gasteiger partial charge on any atom is 0.335 e. The van der Waals surface area contributed by atoms with E-state index in [9.17, 15) is 15.0 Å². The van der Waals surface area contributed by atoms with Gasteiger partial charge >= 0.3 is 5.63 Å². The Morgan fingerprint density at radius 3 is 2.48 bits per heavy atom. The summed E-state index contributed by atoms with van der Waals surface area (Å²) in [6.07, 6.45) is 10.5. The van der Waals surface area contributed by atoms with Gasteiger partial charge in [0, 0.05) is 16.9 Å². The first-order valence-electron chi connectivity index (χ1n) is 11.6. The van der Waals surface area contributed by atoms with Crippen LogP contribution in [-0.2, 0) is 5.41 Å². The smallest absolute Gasteiger partial charge is 0.335 e. The van der Waals surface area contributed by atoms with Gasteiger partial charge in [-0.2, -0.15) is 0 Å². The van der Waals surface area contributed by atoms with E-state index in [2.05, 4.69) is 20.8 Å². The van der Waals surface area contributed by atoms with Gasteiger partial charge in [0.05, 0.1) is 18.0 Å². The standard InChI is InChI=1S/C25H36O4/c1-22-10-8-18(26)14-16(22)4-6-20-19(22)9-11-24(3)23(2,12-13-25(20,24)28)17-5-7-21(27)29-15-17/h5,7,15-16,18-20,26,28H,4,6,8-14H2,1-3H3/t16-,18+,19?,20?,22+,23-,24-,25+/m1/s1. The van der Waals surface area contributed by atoms with E-state index in [4.69, 9.17) is 4.42 Å². The van der Waals surface area contributed by atoms with Gasteiger partial charge in [0.2, 0.25) is 0 Å². The molecule has 0 radical (unpaired) electrons. The quantitative estimate of drug-likeness (QED) is 0.732. The molecule has 4 heteroatoms. The van der Waals surface area contributed by atoms with Crippen LogP contribution in [0.25, 0.3) is 0 Å². The lowest BCUT2D eigenvalue weighted by atomic mass is 9.42. The maximum absolute atomic E-state index is 12.3. The van der Waals surface area contributed by atoms with Crippen LogP contribution in [-0.4, -0.2) is 21.9 Å². The molecule has 5 rings (SSSR count). The number of hydrogen-bond donors (Lipinski definition) is 2. The van der Waals surface area contributed by atoms with Crippen molar-refractivity contribution in [2.45, 2.75) is 95.7 Å². The summed E-state index contributed by atoms with van der Waals surface area (Å²) < 4.78 is 5.24. The minimum atomic E-state index is -0.676. The molecular weight excluding hydrogens is 364 g/mol. The van der Waals surface area contributed by atoms with Crippen LogP contribution in [0.5, 0.6) is 0 Å². The topological polar surface area (TPSA) is 70.7 Å². The molecule has 4 fully saturated rings. The second kappa shape index (κ2) is 6.20. The van der Waals surface area contributed by atoms with Crippen LogP contribution < -0.4 is 5.63 Å². The number of aliphatic hydroxyl groups excluding tert-OH is 1. The molecule has 2 N–H and O–H groups in total. The average Bonchev–Trinajstić information content (AvgIpc) is 2.91. The van der Waals surface area contributed by atoms with E-state index in [1.807, 2.05) is 6.07 Å². The third-order valence-corrected chi connectivity index (χ3v) is 10.8. The molecule has 4 aliphatic carbocycles. The van der Waals surface area contributed by atoms with Crippen molar-refractivity contribution in [1.29, 1.82) is 0 Å². The van der Waals surface area contributed by atoms with E-state index in [1.54, 1.807) is 6.26 Å². The molecule has 160 valence electrons. The minimum absolute atomic E-state index is 0.135. The average molecular weight is 401 g/mol. The van der Waals surface area contributed by atoms with E-state index in [-0.39, 0.29) is 28.0 Å². The molecule has 29 heavy (non-hydrogen) atoms.